The van der Waals surface area contributed by atoms with Crippen molar-refractivity contribution in [3.8, 4) is 11.3 Å². The van der Waals surface area contributed by atoms with E-state index in [4.69, 9.17) is 15.8 Å². The van der Waals surface area contributed by atoms with Crippen molar-refractivity contribution >= 4 is 23.4 Å². The monoisotopic (exact) mass is 437 g/mol. The molecule has 1 amide bonds. The van der Waals surface area contributed by atoms with Crippen LogP contribution in [0.2, 0.25) is 0 Å². The van der Waals surface area contributed by atoms with Gasteiger partial charge in [-0.15, -0.1) is 0 Å². The number of anilines is 2. The molecule has 32 heavy (non-hydrogen) atoms. The second kappa shape index (κ2) is 8.80. The first kappa shape index (κ1) is 21.5. The SMILES string of the molecule is Cc1ccc(Nc2c(-c3ccc(F)cc3)nc3n2CCN(C(=O)[C@H](N)CC(=O)O)C3)cc1. The molecule has 4 N–H and O–H groups in total. The van der Waals surface area contributed by atoms with Crippen LogP contribution in [0.15, 0.2) is 48.5 Å². The lowest BCUT2D eigenvalue weighted by Gasteiger charge is -2.30. The maximum Gasteiger partial charge on any atom is 0.305 e. The topological polar surface area (TPSA) is 113 Å². The summed E-state index contributed by atoms with van der Waals surface area (Å²) in [6.45, 7) is 3.05. The van der Waals surface area contributed by atoms with Crippen LogP contribution in [0.25, 0.3) is 11.3 Å². The zero-order chi connectivity index (χ0) is 22.8. The summed E-state index contributed by atoms with van der Waals surface area (Å²) in [6, 6.07) is 12.9. The van der Waals surface area contributed by atoms with Gasteiger partial charge in [0.2, 0.25) is 5.91 Å². The average molecular weight is 437 g/mol. The molecule has 1 aliphatic rings. The van der Waals surface area contributed by atoms with Gasteiger partial charge in [0.05, 0.1) is 19.0 Å². The third-order valence-electron chi connectivity index (χ3n) is 5.43. The second-order valence-corrected chi connectivity index (χ2v) is 7.84. The highest BCUT2D eigenvalue weighted by molar-refractivity contribution is 5.86. The number of amides is 1. The summed E-state index contributed by atoms with van der Waals surface area (Å²) in [7, 11) is 0. The molecule has 0 saturated carbocycles. The summed E-state index contributed by atoms with van der Waals surface area (Å²) in [6.07, 6.45) is -0.426. The van der Waals surface area contributed by atoms with E-state index >= 15 is 0 Å². The summed E-state index contributed by atoms with van der Waals surface area (Å²) in [4.78, 5) is 29.8. The van der Waals surface area contributed by atoms with Gasteiger partial charge in [0, 0.05) is 24.3 Å². The van der Waals surface area contributed by atoms with Crippen molar-refractivity contribution in [3.63, 3.8) is 0 Å². The van der Waals surface area contributed by atoms with E-state index in [1.54, 1.807) is 12.1 Å². The normalized spacial score (nSPS) is 14.0. The number of carbonyl (C=O) groups is 2. The minimum atomic E-state index is -1.12. The van der Waals surface area contributed by atoms with E-state index in [1.807, 2.05) is 35.8 Å². The van der Waals surface area contributed by atoms with Gasteiger partial charge in [-0.1, -0.05) is 17.7 Å². The van der Waals surface area contributed by atoms with Crippen LogP contribution in [0.5, 0.6) is 0 Å². The highest BCUT2D eigenvalue weighted by Crippen LogP contribution is 2.33. The Kier molecular flexibility index (Phi) is 5.91. The molecule has 0 aliphatic carbocycles. The number of halogens is 1. The number of nitrogens with two attached hydrogens (primary N) is 1. The van der Waals surface area contributed by atoms with Crippen LogP contribution in [0, 0.1) is 12.7 Å². The Balaban J connectivity index is 1.68. The number of rotatable bonds is 6. The van der Waals surface area contributed by atoms with Crippen LogP contribution in [0.4, 0.5) is 15.9 Å². The van der Waals surface area contributed by atoms with Crippen molar-refractivity contribution in [2.24, 2.45) is 5.73 Å². The number of benzene rings is 2. The molecule has 4 rings (SSSR count). The number of hydrogen-bond donors (Lipinski definition) is 3. The van der Waals surface area contributed by atoms with Gasteiger partial charge in [-0.25, -0.2) is 9.37 Å². The molecule has 0 saturated heterocycles. The van der Waals surface area contributed by atoms with Gasteiger partial charge in [-0.3, -0.25) is 9.59 Å². The molecule has 9 heteroatoms. The minimum Gasteiger partial charge on any atom is -0.481 e. The Morgan fingerprint density at radius 2 is 1.84 bits per heavy atom. The summed E-state index contributed by atoms with van der Waals surface area (Å²) in [5.41, 5.74) is 9.17. The van der Waals surface area contributed by atoms with Crippen molar-refractivity contribution < 1.29 is 19.1 Å². The third-order valence-corrected chi connectivity index (χ3v) is 5.43. The van der Waals surface area contributed by atoms with Gasteiger partial charge in [0.15, 0.2) is 0 Å². The number of fused-ring (bicyclic) bond motifs is 1. The number of imidazole rings is 1. The molecule has 1 aromatic heterocycles. The summed E-state index contributed by atoms with van der Waals surface area (Å²) in [5, 5.41) is 12.3. The summed E-state index contributed by atoms with van der Waals surface area (Å²) >= 11 is 0. The number of aromatic nitrogens is 2. The van der Waals surface area contributed by atoms with Gasteiger partial charge in [-0.05, 0) is 43.3 Å². The maximum atomic E-state index is 13.5. The fourth-order valence-corrected chi connectivity index (χ4v) is 3.74. The predicted molar refractivity (Wildman–Crippen MR) is 118 cm³/mol. The molecule has 8 nitrogen and oxygen atoms in total. The molecule has 2 aromatic carbocycles. The minimum absolute atomic E-state index is 0.204. The fraction of sp³-hybridized carbons (Fsp3) is 0.261. The second-order valence-electron chi connectivity index (χ2n) is 7.84. The fourth-order valence-electron chi connectivity index (χ4n) is 3.74. The van der Waals surface area contributed by atoms with E-state index in [-0.39, 0.29) is 12.4 Å². The van der Waals surface area contributed by atoms with E-state index in [9.17, 15) is 14.0 Å². The van der Waals surface area contributed by atoms with Gasteiger partial charge in [0.1, 0.15) is 23.2 Å². The third kappa shape index (κ3) is 4.47. The number of aliphatic carboxylic acids is 1. The van der Waals surface area contributed by atoms with Crippen molar-refractivity contribution in [3.05, 3.63) is 65.7 Å². The molecule has 0 unspecified atom stereocenters. The van der Waals surface area contributed by atoms with E-state index in [0.717, 1.165) is 22.6 Å². The van der Waals surface area contributed by atoms with E-state index < -0.39 is 24.3 Å². The number of nitrogens with one attached hydrogen (secondary N) is 1. The van der Waals surface area contributed by atoms with Gasteiger partial charge < -0.3 is 25.6 Å². The number of nitrogens with zero attached hydrogens (tertiary/aromatic N) is 3. The van der Waals surface area contributed by atoms with Crippen LogP contribution < -0.4 is 11.1 Å². The molecular formula is C23H24FN5O3. The lowest BCUT2D eigenvalue weighted by Crippen LogP contribution is -2.47. The molecule has 166 valence electrons. The zero-order valence-electron chi connectivity index (χ0n) is 17.6. The van der Waals surface area contributed by atoms with E-state index in [1.165, 1.54) is 17.0 Å². The smallest absolute Gasteiger partial charge is 0.305 e. The zero-order valence-corrected chi connectivity index (χ0v) is 17.6. The Hall–Kier alpha value is -3.72. The molecule has 0 radical (unpaired) electrons. The standard InChI is InChI=1S/C23H24FN5O3/c1-14-2-8-17(9-3-14)26-22-21(15-4-6-16(24)7-5-15)27-19-13-28(10-11-29(19)22)23(32)18(25)12-20(30)31/h2-9,18,26H,10-13,25H2,1H3,(H,30,31)/t18-/m1/s1. The number of carbonyl (C=O) groups excluding carboxylic acids is 1. The molecule has 2 heterocycles. The molecule has 0 bridgehead atoms. The van der Waals surface area contributed by atoms with Crippen LogP contribution in [-0.2, 0) is 22.7 Å². The van der Waals surface area contributed by atoms with Crippen molar-refractivity contribution in [1.29, 1.82) is 0 Å². The van der Waals surface area contributed by atoms with E-state index in [0.29, 0.717) is 24.6 Å². The largest absolute Gasteiger partial charge is 0.481 e. The first-order valence-corrected chi connectivity index (χ1v) is 10.3. The number of carboxylic acid groups (broad SMARTS) is 1. The molecule has 3 aromatic rings. The van der Waals surface area contributed by atoms with Crippen LogP contribution in [0.1, 0.15) is 17.8 Å². The molecule has 1 aliphatic heterocycles. The van der Waals surface area contributed by atoms with Gasteiger partial charge in [-0.2, -0.15) is 0 Å². The summed E-state index contributed by atoms with van der Waals surface area (Å²) < 4.78 is 15.5. The Bertz CT molecular complexity index is 1140. The van der Waals surface area contributed by atoms with Crippen molar-refractivity contribution in [2.45, 2.75) is 32.5 Å². The molecule has 0 spiro atoms. The lowest BCUT2D eigenvalue weighted by molar-refractivity contribution is -0.142. The Morgan fingerprint density at radius 3 is 2.50 bits per heavy atom. The molecule has 1 atom stereocenters. The summed E-state index contributed by atoms with van der Waals surface area (Å²) in [5.74, 6) is -0.487. The van der Waals surface area contributed by atoms with Gasteiger partial charge >= 0.3 is 5.97 Å². The first-order valence-electron chi connectivity index (χ1n) is 10.3. The maximum absolute atomic E-state index is 13.5. The van der Waals surface area contributed by atoms with Crippen LogP contribution in [-0.4, -0.2) is 44.0 Å². The highest BCUT2D eigenvalue weighted by Gasteiger charge is 2.30. The van der Waals surface area contributed by atoms with Gasteiger partial charge in [0.25, 0.3) is 0 Å². The van der Waals surface area contributed by atoms with Crippen molar-refractivity contribution in [2.75, 3.05) is 11.9 Å². The average Bonchev–Trinajstić information content (AvgIpc) is 3.12. The quantitative estimate of drug-likeness (QED) is 0.547. The molecule has 0 fully saturated rings. The first-order chi connectivity index (χ1) is 15.3. The lowest BCUT2D eigenvalue weighted by atomic mass is 10.1. The van der Waals surface area contributed by atoms with Crippen molar-refractivity contribution in [1.82, 2.24) is 14.5 Å². The number of aryl methyl sites for hydroxylation is 1. The Morgan fingerprint density at radius 1 is 1.16 bits per heavy atom. The van der Waals surface area contributed by atoms with Crippen LogP contribution in [0.3, 0.4) is 0 Å². The van der Waals surface area contributed by atoms with E-state index in [2.05, 4.69) is 5.32 Å². The number of hydrogen-bond acceptors (Lipinski definition) is 5. The molecular weight excluding hydrogens is 413 g/mol. The number of carboxylic acids is 1. The Labute approximate surface area is 184 Å². The predicted octanol–water partition coefficient (Wildman–Crippen LogP) is 2.89. The highest BCUT2D eigenvalue weighted by atomic mass is 19.1. The van der Waals surface area contributed by atoms with Crippen LogP contribution >= 0.6 is 0 Å².